The molecular weight excluding hydrogens is 264 g/mol. The zero-order valence-corrected chi connectivity index (χ0v) is 12.6. The summed E-state index contributed by atoms with van der Waals surface area (Å²) in [4.78, 5) is 0.127. The van der Waals surface area contributed by atoms with Gasteiger partial charge in [0.1, 0.15) is 0 Å². The fourth-order valence-electron chi connectivity index (χ4n) is 1.78. The SMILES string of the molecule is COC(C)C(C)NC(C)c1ccc(S(N)(=O)=O)cc1. The average molecular weight is 286 g/mol. The molecule has 6 heteroatoms. The van der Waals surface area contributed by atoms with Crippen LogP contribution in [0.5, 0.6) is 0 Å². The van der Waals surface area contributed by atoms with Crippen molar-refractivity contribution in [3.05, 3.63) is 29.8 Å². The predicted molar refractivity (Wildman–Crippen MR) is 75.3 cm³/mol. The molecule has 108 valence electrons. The Hall–Kier alpha value is -0.950. The maximum Gasteiger partial charge on any atom is 0.238 e. The van der Waals surface area contributed by atoms with E-state index in [4.69, 9.17) is 9.88 Å². The Labute approximate surface area is 115 Å². The van der Waals surface area contributed by atoms with Crippen molar-refractivity contribution < 1.29 is 13.2 Å². The summed E-state index contributed by atoms with van der Waals surface area (Å²) in [7, 11) is -1.95. The molecule has 0 heterocycles. The van der Waals surface area contributed by atoms with E-state index in [1.54, 1.807) is 19.2 Å². The van der Waals surface area contributed by atoms with Gasteiger partial charge < -0.3 is 10.1 Å². The first-order valence-corrected chi connectivity index (χ1v) is 7.72. The van der Waals surface area contributed by atoms with Crippen LogP contribution < -0.4 is 10.5 Å². The Morgan fingerprint density at radius 2 is 1.68 bits per heavy atom. The number of nitrogens with one attached hydrogen (secondary N) is 1. The number of hydrogen-bond donors (Lipinski definition) is 2. The van der Waals surface area contributed by atoms with Gasteiger partial charge in [-0.1, -0.05) is 12.1 Å². The van der Waals surface area contributed by atoms with Crippen LogP contribution in [-0.2, 0) is 14.8 Å². The lowest BCUT2D eigenvalue weighted by Crippen LogP contribution is -2.38. The van der Waals surface area contributed by atoms with E-state index in [9.17, 15) is 8.42 Å². The summed E-state index contributed by atoms with van der Waals surface area (Å²) in [5, 5.41) is 8.46. The van der Waals surface area contributed by atoms with Crippen molar-refractivity contribution in [1.29, 1.82) is 0 Å². The number of benzene rings is 1. The van der Waals surface area contributed by atoms with Gasteiger partial charge in [0.05, 0.1) is 11.0 Å². The third-order valence-electron chi connectivity index (χ3n) is 3.30. The van der Waals surface area contributed by atoms with Crippen molar-refractivity contribution in [3.8, 4) is 0 Å². The van der Waals surface area contributed by atoms with Crippen LogP contribution in [0.25, 0.3) is 0 Å². The number of ether oxygens (including phenoxy) is 1. The molecule has 1 rings (SSSR count). The molecule has 0 spiro atoms. The van der Waals surface area contributed by atoms with Crippen molar-refractivity contribution in [2.24, 2.45) is 5.14 Å². The van der Waals surface area contributed by atoms with Gasteiger partial charge in [0, 0.05) is 19.2 Å². The number of sulfonamides is 1. The zero-order valence-electron chi connectivity index (χ0n) is 11.8. The molecule has 0 amide bonds. The van der Waals surface area contributed by atoms with Gasteiger partial charge in [0.2, 0.25) is 10.0 Å². The summed E-state index contributed by atoms with van der Waals surface area (Å²) >= 11 is 0. The van der Waals surface area contributed by atoms with Crippen molar-refractivity contribution >= 4 is 10.0 Å². The van der Waals surface area contributed by atoms with Gasteiger partial charge in [-0.25, -0.2) is 13.6 Å². The molecule has 0 saturated heterocycles. The monoisotopic (exact) mass is 286 g/mol. The summed E-state index contributed by atoms with van der Waals surface area (Å²) in [6.45, 7) is 6.06. The van der Waals surface area contributed by atoms with Gasteiger partial charge >= 0.3 is 0 Å². The summed E-state index contributed by atoms with van der Waals surface area (Å²) in [6, 6.07) is 6.86. The average Bonchev–Trinajstić information content (AvgIpc) is 2.36. The molecule has 3 N–H and O–H groups in total. The van der Waals surface area contributed by atoms with Crippen LogP contribution in [0.15, 0.2) is 29.2 Å². The van der Waals surface area contributed by atoms with Crippen LogP contribution in [0, 0.1) is 0 Å². The Bertz CT molecular complexity index is 499. The minimum atomic E-state index is -3.63. The maximum atomic E-state index is 11.2. The number of rotatable bonds is 6. The molecule has 1 aromatic carbocycles. The topological polar surface area (TPSA) is 81.4 Å². The number of primary sulfonamides is 1. The highest BCUT2D eigenvalue weighted by Gasteiger charge is 2.15. The lowest BCUT2D eigenvalue weighted by Gasteiger charge is -2.24. The second-order valence-electron chi connectivity index (χ2n) is 4.73. The summed E-state index contributed by atoms with van der Waals surface area (Å²) in [5.41, 5.74) is 1.00. The molecule has 3 unspecified atom stereocenters. The molecule has 5 nitrogen and oxygen atoms in total. The van der Waals surface area contributed by atoms with Crippen LogP contribution in [-0.4, -0.2) is 27.7 Å². The van der Waals surface area contributed by atoms with Crippen molar-refractivity contribution in [3.63, 3.8) is 0 Å². The second-order valence-corrected chi connectivity index (χ2v) is 6.29. The first kappa shape index (κ1) is 16.1. The first-order chi connectivity index (χ1) is 8.75. The van der Waals surface area contributed by atoms with Gasteiger partial charge in [-0.05, 0) is 38.5 Å². The van der Waals surface area contributed by atoms with Crippen LogP contribution >= 0.6 is 0 Å². The van der Waals surface area contributed by atoms with E-state index in [0.29, 0.717) is 0 Å². The standard InChI is InChI=1S/C13H22N2O3S/c1-9(11(3)18-4)15-10(2)12-5-7-13(8-6-12)19(14,16)17/h5-11,15H,1-4H3,(H2,14,16,17). The van der Waals surface area contributed by atoms with Gasteiger partial charge in [-0.2, -0.15) is 0 Å². The van der Waals surface area contributed by atoms with E-state index >= 15 is 0 Å². The molecular formula is C13H22N2O3S. The smallest absolute Gasteiger partial charge is 0.238 e. The molecule has 0 saturated carbocycles. The lowest BCUT2D eigenvalue weighted by atomic mass is 10.1. The van der Waals surface area contributed by atoms with E-state index < -0.39 is 10.0 Å². The lowest BCUT2D eigenvalue weighted by molar-refractivity contribution is 0.0852. The van der Waals surface area contributed by atoms with Gasteiger partial charge in [0.25, 0.3) is 0 Å². The van der Waals surface area contributed by atoms with Gasteiger partial charge in [0.15, 0.2) is 0 Å². The van der Waals surface area contributed by atoms with Gasteiger partial charge in [-0.3, -0.25) is 0 Å². The van der Waals surface area contributed by atoms with E-state index in [1.807, 2.05) is 20.8 Å². The Morgan fingerprint density at radius 1 is 1.16 bits per heavy atom. The predicted octanol–water partition coefficient (Wildman–Crippen LogP) is 1.41. The van der Waals surface area contributed by atoms with Crippen molar-refractivity contribution in [2.45, 2.75) is 43.9 Å². The Balaban J connectivity index is 2.76. The van der Waals surface area contributed by atoms with Gasteiger partial charge in [-0.15, -0.1) is 0 Å². The normalized spacial score (nSPS) is 16.9. The Kier molecular flexibility index (Phi) is 5.49. The quantitative estimate of drug-likeness (QED) is 0.828. The van der Waals surface area contributed by atoms with Crippen LogP contribution in [0.1, 0.15) is 32.4 Å². The van der Waals surface area contributed by atoms with E-state index in [1.165, 1.54) is 12.1 Å². The minimum absolute atomic E-state index is 0.0992. The van der Waals surface area contributed by atoms with Crippen LogP contribution in [0.2, 0.25) is 0 Å². The number of nitrogens with two attached hydrogens (primary N) is 1. The fourth-order valence-corrected chi connectivity index (χ4v) is 2.29. The number of hydrogen-bond acceptors (Lipinski definition) is 4. The molecule has 1 aromatic rings. The van der Waals surface area contributed by atoms with Crippen molar-refractivity contribution in [2.75, 3.05) is 7.11 Å². The van der Waals surface area contributed by atoms with E-state index in [0.717, 1.165) is 5.56 Å². The zero-order chi connectivity index (χ0) is 14.6. The second kappa shape index (κ2) is 6.47. The number of methoxy groups -OCH3 is 1. The first-order valence-electron chi connectivity index (χ1n) is 6.17. The van der Waals surface area contributed by atoms with Crippen molar-refractivity contribution in [1.82, 2.24) is 5.32 Å². The molecule has 0 aliphatic carbocycles. The summed E-state index contributed by atoms with van der Waals surface area (Å²) < 4.78 is 27.6. The molecule has 3 atom stereocenters. The molecule has 0 fully saturated rings. The molecule has 0 aliphatic rings. The Morgan fingerprint density at radius 3 is 2.11 bits per heavy atom. The molecule has 0 bridgehead atoms. The molecule has 19 heavy (non-hydrogen) atoms. The highest BCUT2D eigenvalue weighted by Crippen LogP contribution is 2.16. The molecule has 0 radical (unpaired) electrons. The molecule has 0 aromatic heterocycles. The third kappa shape index (κ3) is 4.58. The highest BCUT2D eigenvalue weighted by atomic mass is 32.2. The summed E-state index contributed by atoms with van der Waals surface area (Å²) in [5.74, 6) is 0. The molecule has 0 aliphatic heterocycles. The van der Waals surface area contributed by atoms with E-state index in [-0.39, 0.29) is 23.1 Å². The van der Waals surface area contributed by atoms with Crippen LogP contribution in [0.3, 0.4) is 0 Å². The van der Waals surface area contributed by atoms with Crippen LogP contribution in [0.4, 0.5) is 0 Å². The maximum absolute atomic E-state index is 11.2. The summed E-state index contributed by atoms with van der Waals surface area (Å²) in [6.07, 6.45) is 0.103. The highest BCUT2D eigenvalue weighted by molar-refractivity contribution is 7.89. The largest absolute Gasteiger partial charge is 0.380 e. The minimum Gasteiger partial charge on any atom is -0.380 e. The third-order valence-corrected chi connectivity index (χ3v) is 4.23. The fraction of sp³-hybridized carbons (Fsp3) is 0.538. The van der Waals surface area contributed by atoms with E-state index in [2.05, 4.69) is 5.32 Å².